The van der Waals surface area contributed by atoms with E-state index in [0.29, 0.717) is 0 Å². The highest BCUT2D eigenvalue weighted by atomic mass is 16.5. The van der Waals surface area contributed by atoms with Gasteiger partial charge in [0.25, 0.3) is 0 Å². The molecule has 0 aliphatic rings. The molecule has 1 aromatic carbocycles. The summed E-state index contributed by atoms with van der Waals surface area (Å²) in [7, 11) is 0. The van der Waals surface area contributed by atoms with E-state index in [1.165, 1.54) is 5.57 Å². The van der Waals surface area contributed by atoms with E-state index < -0.39 is 0 Å². The maximum atomic E-state index is 5.64. The summed E-state index contributed by atoms with van der Waals surface area (Å²) < 4.78 is 5.64. The van der Waals surface area contributed by atoms with Gasteiger partial charge in [0.1, 0.15) is 5.75 Å². The molecule has 0 amide bonds. The molecule has 0 saturated carbocycles. The van der Waals surface area contributed by atoms with Crippen LogP contribution in [-0.2, 0) is 0 Å². The van der Waals surface area contributed by atoms with Crippen molar-refractivity contribution in [1.29, 1.82) is 0 Å². The van der Waals surface area contributed by atoms with Gasteiger partial charge in [0.05, 0.1) is 6.61 Å². The average molecular weight is 216 g/mol. The fraction of sp³-hybridized carbons (Fsp3) is 0.333. The molecule has 1 heteroatoms. The number of benzene rings is 1. The standard InChI is InChI=1S/C15H20O/c1-3-5-9-14(4-2)12-13-16-15-10-7-6-8-11-15/h4-11H,3,12-13H2,1-2H3/b9-5-,14-4+. The lowest BCUT2D eigenvalue weighted by Crippen LogP contribution is -1.97. The first-order chi connectivity index (χ1) is 7.86. The molecule has 0 heterocycles. The van der Waals surface area contributed by atoms with Gasteiger partial charge in [-0.25, -0.2) is 0 Å². The third-order valence-electron chi connectivity index (χ3n) is 2.34. The van der Waals surface area contributed by atoms with E-state index in [-0.39, 0.29) is 0 Å². The van der Waals surface area contributed by atoms with Crippen LogP contribution in [0.4, 0.5) is 0 Å². The zero-order chi connectivity index (χ0) is 11.6. The Morgan fingerprint density at radius 2 is 2.00 bits per heavy atom. The quantitative estimate of drug-likeness (QED) is 0.642. The van der Waals surface area contributed by atoms with E-state index >= 15 is 0 Å². The molecule has 0 aliphatic carbocycles. The number of rotatable bonds is 6. The number of hydrogen-bond acceptors (Lipinski definition) is 1. The maximum Gasteiger partial charge on any atom is 0.119 e. The summed E-state index contributed by atoms with van der Waals surface area (Å²) in [5, 5.41) is 0. The highest BCUT2D eigenvalue weighted by Gasteiger charge is 1.94. The second kappa shape index (κ2) is 7.75. The summed E-state index contributed by atoms with van der Waals surface area (Å²) in [6.45, 7) is 4.94. The van der Waals surface area contributed by atoms with Gasteiger partial charge < -0.3 is 4.74 Å². The van der Waals surface area contributed by atoms with Crippen molar-refractivity contribution in [3.05, 3.63) is 54.1 Å². The summed E-state index contributed by atoms with van der Waals surface area (Å²) >= 11 is 0. The molecule has 0 bridgehead atoms. The molecular formula is C15H20O. The second-order valence-electron chi connectivity index (χ2n) is 3.59. The van der Waals surface area contributed by atoms with E-state index in [1.807, 2.05) is 30.3 Å². The zero-order valence-electron chi connectivity index (χ0n) is 10.1. The predicted molar refractivity (Wildman–Crippen MR) is 69.7 cm³/mol. The van der Waals surface area contributed by atoms with Gasteiger partial charge in [0, 0.05) is 6.42 Å². The third kappa shape index (κ3) is 4.83. The van der Waals surface area contributed by atoms with Crippen LogP contribution in [0.2, 0.25) is 0 Å². The van der Waals surface area contributed by atoms with Crippen LogP contribution in [0.1, 0.15) is 26.7 Å². The summed E-state index contributed by atoms with van der Waals surface area (Å²) in [5.41, 5.74) is 1.33. The molecule has 0 unspecified atom stereocenters. The summed E-state index contributed by atoms with van der Waals surface area (Å²) in [4.78, 5) is 0. The minimum atomic E-state index is 0.734. The first-order valence-corrected chi connectivity index (χ1v) is 5.86. The Morgan fingerprint density at radius 1 is 1.25 bits per heavy atom. The van der Waals surface area contributed by atoms with Crippen molar-refractivity contribution in [2.45, 2.75) is 26.7 Å². The fourth-order valence-corrected chi connectivity index (χ4v) is 1.40. The monoisotopic (exact) mass is 216 g/mol. The van der Waals surface area contributed by atoms with Crippen molar-refractivity contribution in [2.24, 2.45) is 0 Å². The summed E-state index contributed by atoms with van der Waals surface area (Å²) in [6, 6.07) is 9.94. The minimum Gasteiger partial charge on any atom is -0.493 e. The van der Waals surface area contributed by atoms with E-state index in [2.05, 4.69) is 32.1 Å². The van der Waals surface area contributed by atoms with Crippen LogP contribution in [0.15, 0.2) is 54.1 Å². The Kier molecular flexibility index (Phi) is 6.09. The van der Waals surface area contributed by atoms with Crippen molar-refractivity contribution >= 4 is 0 Å². The average Bonchev–Trinajstić information content (AvgIpc) is 2.35. The van der Waals surface area contributed by atoms with Crippen molar-refractivity contribution in [2.75, 3.05) is 6.61 Å². The van der Waals surface area contributed by atoms with Gasteiger partial charge in [0.2, 0.25) is 0 Å². The normalized spacial score (nSPS) is 12.0. The fourth-order valence-electron chi connectivity index (χ4n) is 1.40. The molecular weight excluding hydrogens is 196 g/mol. The molecule has 0 spiro atoms. The van der Waals surface area contributed by atoms with Crippen molar-refractivity contribution in [3.63, 3.8) is 0 Å². The predicted octanol–water partition coefficient (Wildman–Crippen LogP) is 4.37. The molecule has 0 aliphatic heterocycles. The van der Waals surface area contributed by atoms with Crippen LogP contribution in [0.5, 0.6) is 5.75 Å². The van der Waals surface area contributed by atoms with Crippen LogP contribution in [-0.4, -0.2) is 6.61 Å². The Balaban J connectivity index is 2.32. The Morgan fingerprint density at radius 3 is 2.62 bits per heavy atom. The first kappa shape index (κ1) is 12.6. The number of para-hydroxylation sites is 1. The SMILES string of the molecule is C/C=C(\C=C/CC)CCOc1ccccc1. The van der Waals surface area contributed by atoms with E-state index in [9.17, 15) is 0 Å². The van der Waals surface area contributed by atoms with Crippen molar-refractivity contribution in [3.8, 4) is 5.75 Å². The van der Waals surface area contributed by atoms with Gasteiger partial charge in [-0.15, -0.1) is 0 Å². The molecule has 0 radical (unpaired) electrons. The largest absolute Gasteiger partial charge is 0.493 e. The molecule has 0 aromatic heterocycles. The Hall–Kier alpha value is -1.50. The van der Waals surface area contributed by atoms with Crippen LogP contribution >= 0.6 is 0 Å². The topological polar surface area (TPSA) is 9.23 Å². The van der Waals surface area contributed by atoms with Gasteiger partial charge in [-0.1, -0.05) is 43.4 Å². The van der Waals surface area contributed by atoms with E-state index in [4.69, 9.17) is 4.74 Å². The van der Waals surface area contributed by atoms with Crippen LogP contribution in [0, 0.1) is 0 Å². The highest BCUT2D eigenvalue weighted by Crippen LogP contribution is 2.10. The van der Waals surface area contributed by atoms with Crippen LogP contribution < -0.4 is 4.74 Å². The van der Waals surface area contributed by atoms with Crippen LogP contribution in [0.25, 0.3) is 0 Å². The minimum absolute atomic E-state index is 0.734. The van der Waals surface area contributed by atoms with Gasteiger partial charge in [-0.05, 0) is 31.1 Å². The Labute approximate surface area is 98.5 Å². The molecule has 0 N–H and O–H groups in total. The summed E-state index contributed by atoms with van der Waals surface area (Å²) in [5.74, 6) is 0.942. The zero-order valence-corrected chi connectivity index (χ0v) is 10.1. The van der Waals surface area contributed by atoms with E-state index in [1.54, 1.807) is 0 Å². The van der Waals surface area contributed by atoms with Crippen LogP contribution in [0.3, 0.4) is 0 Å². The Bertz CT molecular complexity index is 336. The first-order valence-electron chi connectivity index (χ1n) is 5.86. The summed E-state index contributed by atoms with van der Waals surface area (Å²) in [6.07, 6.45) is 8.53. The molecule has 0 saturated heterocycles. The molecule has 1 nitrogen and oxygen atoms in total. The van der Waals surface area contributed by atoms with E-state index in [0.717, 1.165) is 25.2 Å². The van der Waals surface area contributed by atoms with Crippen molar-refractivity contribution < 1.29 is 4.74 Å². The number of ether oxygens (including phenoxy) is 1. The lowest BCUT2D eigenvalue weighted by Gasteiger charge is -2.06. The van der Waals surface area contributed by atoms with Gasteiger partial charge in [0.15, 0.2) is 0 Å². The number of allylic oxidation sites excluding steroid dienone is 3. The maximum absolute atomic E-state index is 5.64. The highest BCUT2D eigenvalue weighted by molar-refractivity contribution is 5.22. The molecule has 0 atom stereocenters. The molecule has 1 rings (SSSR count). The molecule has 1 aromatic rings. The lowest BCUT2D eigenvalue weighted by molar-refractivity contribution is 0.322. The van der Waals surface area contributed by atoms with Gasteiger partial charge in [-0.2, -0.15) is 0 Å². The van der Waals surface area contributed by atoms with Gasteiger partial charge >= 0.3 is 0 Å². The number of hydrogen-bond donors (Lipinski definition) is 0. The van der Waals surface area contributed by atoms with Crippen molar-refractivity contribution in [1.82, 2.24) is 0 Å². The second-order valence-corrected chi connectivity index (χ2v) is 3.59. The smallest absolute Gasteiger partial charge is 0.119 e. The molecule has 16 heavy (non-hydrogen) atoms. The lowest BCUT2D eigenvalue weighted by atomic mass is 10.1. The molecule has 0 fully saturated rings. The third-order valence-corrected chi connectivity index (χ3v) is 2.34. The molecule has 86 valence electrons. The van der Waals surface area contributed by atoms with Gasteiger partial charge in [-0.3, -0.25) is 0 Å².